The van der Waals surface area contributed by atoms with E-state index in [1.54, 1.807) is 6.07 Å². The Hall–Kier alpha value is -2.89. The Bertz CT molecular complexity index is 896. The maximum absolute atomic E-state index is 13.2. The minimum atomic E-state index is -0.278. The molecule has 0 aromatic heterocycles. The molecule has 0 spiro atoms. The van der Waals surface area contributed by atoms with Gasteiger partial charge in [-0.15, -0.1) is 0 Å². The highest BCUT2D eigenvalue weighted by Crippen LogP contribution is 2.32. The number of benzene rings is 2. The van der Waals surface area contributed by atoms with Crippen LogP contribution in [0.15, 0.2) is 48.5 Å². The van der Waals surface area contributed by atoms with E-state index in [-0.39, 0.29) is 29.5 Å². The van der Waals surface area contributed by atoms with E-state index in [1.165, 1.54) is 12.1 Å². The molecule has 6 heteroatoms. The van der Waals surface area contributed by atoms with Crippen molar-refractivity contribution in [2.45, 2.75) is 38.8 Å². The average molecular weight is 410 g/mol. The van der Waals surface area contributed by atoms with Crippen molar-refractivity contribution in [1.82, 2.24) is 10.2 Å². The number of hydrogen-bond donors (Lipinski definition) is 1. The predicted octanol–water partition coefficient (Wildman–Crippen LogP) is 3.67. The first-order chi connectivity index (χ1) is 14.6. The Kier molecular flexibility index (Phi) is 6.31. The van der Waals surface area contributed by atoms with Crippen LogP contribution in [0.1, 0.15) is 36.8 Å². The number of likely N-dealkylation sites (tertiary alicyclic amines) is 1. The van der Waals surface area contributed by atoms with Crippen LogP contribution in [0.5, 0.6) is 5.75 Å². The highest BCUT2D eigenvalue weighted by atomic mass is 19.1. The van der Waals surface area contributed by atoms with Gasteiger partial charge in [-0.3, -0.25) is 9.59 Å². The molecule has 4 rings (SSSR count). The number of rotatable bonds is 7. The van der Waals surface area contributed by atoms with Gasteiger partial charge in [0.15, 0.2) is 0 Å². The van der Waals surface area contributed by atoms with Crippen molar-refractivity contribution in [2.24, 2.45) is 11.8 Å². The minimum absolute atomic E-state index is 0.00901. The predicted molar refractivity (Wildman–Crippen MR) is 111 cm³/mol. The molecular formula is C24H27FN2O3. The van der Waals surface area contributed by atoms with Gasteiger partial charge in [0.2, 0.25) is 11.8 Å². The van der Waals surface area contributed by atoms with Gasteiger partial charge in [-0.25, -0.2) is 4.39 Å². The summed E-state index contributed by atoms with van der Waals surface area (Å²) < 4.78 is 18.9. The summed E-state index contributed by atoms with van der Waals surface area (Å²) in [6.07, 6.45) is 3.70. The third-order valence-corrected chi connectivity index (χ3v) is 5.72. The summed E-state index contributed by atoms with van der Waals surface area (Å²) in [4.78, 5) is 26.7. The molecule has 1 saturated heterocycles. The molecule has 2 aliphatic rings. The zero-order valence-corrected chi connectivity index (χ0v) is 17.0. The highest BCUT2D eigenvalue weighted by Gasteiger charge is 2.36. The molecule has 1 unspecified atom stereocenters. The number of nitrogens with one attached hydrogen (secondary N) is 1. The molecular weight excluding hydrogens is 383 g/mol. The van der Waals surface area contributed by atoms with E-state index < -0.39 is 0 Å². The third-order valence-electron chi connectivity index (χ3n) is 5.72. The lowest BCUT2D eigenvalue weighted by Gasteiger charge is -2.32. The van der Waals surface area contributed by atoms with E-state index in [9.17, 15) is 14.0 Å². The lowest BCUT2D eigenvalue weighted by atomic mass is 9.96. The Morgan fingerprint density at radius 2 is 1.83 bits per heavy atom. The Morgan fingerprint density at radius 1 is 1.03 bits per heavy atom. The molecule has 2 aromatic carbocycles. The first-order valence-electron chi connectivity index (χ1n) is 10.6. The van der Waals surface area contributed by atoms with E-state index in [1.807, 2.05) is 35.2 Å². The lowest BCUT2D eigenvalue weighted by Crippen LogP contribution is -2.45. The smallest absolute Gasteiger partial charge is 0.225 e. The molecule has 1 aliphatic heterocycles. The topological polar surface area (TPSA) is 58.6 Å². The van der Waals surface area contributed by atoms with Gasteiger partial charge in [0.1, 0.15) is 18.2 Å². The SMILES string of the molecule is O=C(NCc1ccc(OCc2cccc(F)c2)cc1)C1CCCN(C(=O)C2CC2)C1. The highest BCUT2D eigenvalue weighted by molar-refractivity contribution is 5.83. The second-order valence-corrected chi connectivity index (χ2v) is 8.18. The normalized spacial score (nSPS) is 18.7. The zero-order chi connectivity index (χ0) is 20.9. The van der Waals surface area contributed by atoms with Crippen LogP contribution in [0.3, 0.4) is 0 Å². The summed E-state index contributed by atoms with van der Waals surface area (Å²) in [5.41, 5.74) is 1.75. The quantitative estimate of drug-likeness (QED) is 0.758. The second kappa shape index (κ2) is 9.28. The van der Waals surface area contributed by atoms with Crippen LogP contribution < -0.4 is 10.1 Å². The molecule has 5 nitrogen and oxygen atoms in total. The molecule has 1 N–H and O–H groups in total. The summed E-state index contributed by atoms with van der Waals surface area (Å²) >= 11 is 0. The van der Waals surface area contributed by atoms with Gasteiger partial charge in [0.25, 0.3) is 0 Å². The van der Waals surface area contributed by atoms with Gasteiger partial charge in [-0.05, 0) is 61.1 Å². The summed E-state index contributed by atoms with van der Waals surface area (Å²) in [5.74, 6) is 0.718. The van der Waals surface area contributed by atoms with Gasteiger partial charge >= 0.3 is 0 Å². The van der Waals surface area contributed by atoms with Crippen molar-refractivity contribution in [3.05, 3.63) is 65.5 Å². The van der Waals surface area contributed by atoms with Gasteiger partial charge in [-0.2, -0.15) is 0 Å². The van der Waals surface area contributed by atoms with Crippen molar-refractivity contribution >= 4 is 11.8 Å². The first-order valence-corrected chi connectivity index (χ1v) is 10.6. The van der Waals surface area contributed by atoms with Gasteiger partial charge in [0, 0.05) is 25.6 Å². The summed E-state index contributed by atoms with van der Waals surface area (Å²) in [6, 6.07) is 13.8. The maximum Gasteiger partial charge on any atom is 0.225 e. The molecule has 30 heavy (non-hydrogen) atoms. The number of carbonyl (C=O) groups excluding carboxylic acids is 2. The molecule has 0 radical (unpaired) electrons. The molecule has 1 heterocycles. The standard InChI is InChI=1S/C24H27FN2O3/c25-21-5-1-3-18(13-21)16-30-22-10-6-17(7-11-22)14-26-23(28)20-4-2-12-27(15-20)24(29)19-8-9-19/h1,3,5-7,10-11,13,19-20H,2,4,8-9,12,14-16H2,(H,26,28). The number of carbonyl (C=O) groups is 2. The van der Waals surface area contributed by atoms with Crippen molar-refractivity contribution in [1.29, 1.82) is 0 Å². The molecule has 2 fully saturated rings. The van der Waals surface area contributed by atoms with Crippen LogP contribution in [-0.4, -0.2) is 29.8 Å². The molecule has 1 atom stereocenters. The summed E-state index contributed by atoms with van der Waals surface area (Å²) in [5, 5.41) is 3.00. The van der Waals surface area contributed by atoms with Crippen LogP contribution in [0.2, 0.25) is 0 Å². The minimum Gasteiger partial charge on any atom is -0.489 e. The lowest BCUT2D eigenvalue weighted by molar-refractivity contribution is -0.136. The van der Waals surface area contributed by atoms with E-state index in [0.717, 1.165) is 43.4 Å². The third kappa shape index (κ3) is 5.38. The number of hydrogen-bond acceptors (Lipinski definition) is 3. The van der Waals surface area contributed by atoms with Crippen molar-refractivity contribution in [3.8, 4) is 5.75 Å². The number of amides is 2. The Balaban J connectivity index is 1.23. The fourth-order valence-corrected chi connectivity index (χ4v) is 3.81. The van der Waals surface area contributed by atoms with Crippen molar-refractivity contribution in [3.63, 3.8) is 0 Å². The number of nitrogens with zero attached hydrogens (tertiary/aromatic N) is 1. The van der Waals surface area contributed by atoms with E-state index in [4.69, 9.17) is 4.74 Å². The van der Waals surface area contributed by atoms with Gasteiger partial charge in [0.05, 0.1) is 5.92 Å². The van der Waals surface area contributed by atoms with Crippen LogP contribution in [0, 0.1) is 17.7 Å². The average Bonchev–Trinajstić information content (AvgIpc) is 3.62. The summed E-state index contributed by atoms with van der Waals surface area (Å²) in [6.45, 7) is 2.05. The van der Waals surface area contributed by atoms with Crippen LogP contribution in [0.25, 0.3) is 0 Å². The molecule has 1 aliphatic carbocycles. The molecule has 1 saturated carbocycles. The van der Waals surface area contributed by atoms with Crippen LogP contribution >= 0.6 is 0 Å². The Labute approximate surface area is 176 Å². The summed E-state index contributed by atoms with van der Waals surface area (Å²) in [7, 11) is 0. The fraction of sp³-hybridized carbons (Fsp3) is 0.417. The number of ether oxygens (including phenoxy) is 1. The largest absolute Gasteiger partial charge is 0.489 e. The molecule has 158 valence electrons. The molecule has 0 bridgehead atoms. The fourth-order valence-electron chi connectivity index (χ4n) is 3.81. The van der Waals surface area contributed by atoms with E-state index in [2.05, 4.69) is 5.32 Å². The maximum atomic E-state index is 13.2. The first kappa shape index (κ1) is 20.4. The van der Waals surface area contributed by atoms with Crippen LogP contribution in [0.4, 0.5) is 4.39 Å². The van der Waals surface area contributed by atoms with E-state index >= 15 is 0 Å². The van der Waals surface area contributed by atoms with Crippen LogP contribution in [-0.2, 0) is 22.7 Å². The number of halogens is 1. The number of piperidine rings is 1. The molecule has 2 amide bonds. The van der Waals surface area contributed by atoms with Gasteiger partial charge < -0.3 is 15.0 Å². The Morgan fingerprint density at radius 3 is 2.57 bits per heavy atom. The van der Waals surface area contributed by atoms with Crippen molar-refractivity contribution < 1.29 is 18.7 Å². The van der Waals surface area contributed by atoms with Gasteiger partial charge in [-0.1, -0.05) is 24.3 Å². The second-order valence-electron chi connectivity index (χ2n) is 8.18. The monoisotopic (exact) mass is 410 g/mol. The zero-order valence-electron chi connectivity index (χ0n) is 17.0. The van der Waals surface area contributed by atoms with Crippen molar-refractivity contribution in [2.75, 3.05) is 13.1 Å². The molecule has 2 aromatic rings. The van der Waals surface area contributed by atoms with E-state index in [0.29, 0.717) is 25.4 Å².